The van der Waals surface area contributed by atoms with Crippen LogP contribution in [-0.4, -0.2) is 50.0 Å². The van der Waals surface area contributed by atoms with Gasteiger partial charge in [-0.15, -0.1) is 0 Å². The number of Topliss-reactive ketones (excluding diaryl/α,β-unsaturated/α-hetero) is 1. The van der Waals surface area contributed by atoms with E-state index in [0.717, 1.165) is 30.6 Å². The lowest BCUT2D eigenvalue weighted by Crippen LogP contribution is -2.53. The van der Waals surface area contributed by atoms with E-state index in [2.05, 4.69) is 29.3 Å². The van der Waals surface area contributed by atoms with Crippen LogP contribution in [0.25, 0.3) is 0 Å². The third-order valence-electron chi connectivity index (χ3n) is 5.68. The number of carbonyl (C=O) groups excluding carboxylic acids is 1. The SMILES string of the molecule is CCC(Cc1ccccc1)(C(=O)c1ccccc1C1CNCCO1)N(C)C. The van der Waals surface area contributed by atoms with Crippen molar-refractivity contribution < 1.29 is 9.53 Å². The lowest BCUT2D eigenvalue weighted by atomic mass is 9.78. The average Bonchev–Trinajstić information content (AvgIpc) is 2.72. The lowest BCUT2D eigenvalue weighted by molar-refractivity contribution is 0.0264. The van der Waals surface area contributed by atoms with E-state index in [1.54, 1.807) is 0 Å². The van der Waals surface area contributed by atoms with Crippen molar-refractivity contribution in [2.75, 3.05) is 33.8 Å². The molecule has 2 unspecified atom stereocenters. The van der Waals surface area contributed by atoms with Crippen molar-refractivity contribution in [3.63, 3.8) is 0 Å². The summed E-state index contributed by atoms with van der Waals surface area (Å²) in [4.78, 5) is 16.0. The zero-order valence-corrected chi connectivity index (χ0v) is 16.6. The van der Waals surface area contributed by atoms with Crippen LogP contribution in [0, 0.1) is 0 Å². The van der Waals surface area contributed by atoms with Crippen LogP contribution in [0.2, 0.25) is 0 Å². The van der Waals surface area contributed by atoms with Crippen molar-refractivity contribution in [3.8, 4) is 0 Å². The predicted octanol–water partition coefficient (Wildman–Crippen LogP) is 3.48. The molecule has 4 nitrogen and oxygen atoms in total. The number of hydrogen-bond acceptors (Lipinski definition) is 4. The molecule has 0 bridgehead atoms. The minimum Gasteiger partial charge on any atom is -0.371 e. The Morgan fingerprint density at radius 2 is 1.85 bits per heavy atom. The molecule has 1 aliphatic heterocycles. The maximum atomic E-state index is 13.9. The fourth-order valence-corrected chi connectivity index (χ4v) is 3.98. The molecule has 1 N–H and O–H groups in total. The molecule has 1 heterocycles. The average molecular weight is 367 g/mol. The quantitative estimate of drug-likeness (QED) is 0.762. The molecule has 4 heteroatoms. The van der Waals surface area contributed by atoms with E-state index in [9.17, 15) is 4.79 Å². The Morgan fingerprint density at radius 3 is 2.48 bits per heavy atom. The van der Waals surface area contributed by atoms with Gasteiger partial charge in [-0.25, -0.2) is 0 Å². The molecule has 0 aliphatic carbocycles. The second kappa shape index (κ2) is 8.79. The number of morpholine rings is 1. The summed E-state index contributed by atoms with van der Waals surface area (Å²) >= 11 is 0. The lowest BCUT2D eigenvalue weighted by Gasteiger charge is -2.39. The van der Waals surface area contributed by atoms with Gasteiger partial charge in [-0.2, -0.15) is 0 Å². The summed E-state index contributed by atoms with van der Waals surface area (Å²) in [6.07, 6.45) is 1.35. The highest BCUT2D eigenvalue weighted by atomic mass is 16.5. The van der Waals surface area contributed by atoms with E-state index in [1.165, 1.54) is 5.56 Å². The molecule has 0 aromatic heterocycles. The van der Waals surface area contributed by atoms with Crippen molar-refractivity contribution in [2.24, 2.45) is 0 Å². The molecule has 0 amide bonds. The fourth-order valence-electron chi connectivity index (χ4n) is 3.98. The molecule has 0 saturated carbocycles. The number of ketones is 1. The van der Waals surface area contributed by atoms with Crippen molar-refractivity contribution in [1.29, 1.82) is 0 Å². The zero-order valence-electron chi connectivity index (χ0n) is 16.6. The highest BCUT2D eigenvalue weighted by Gasteiger charge is 2.41. The second-order valence-corrected chi connectivity index (χ2v) is 7.42. The molecule has 2 aromatic rings. The van der Waals surface area contributed by atoms with Gasteiger partial charge in [-0.05, 0) is 38.1 Å². The zero-order chi connectivity index (χ0) is 19.3. The molecule has 0 radical (unpaired) electrons. The number of hydrogen-bond donors (Lipinski definition) is 1. The van der Waals surface area contributed by atoms with Crippen LogP contribution in [0.4, 0.5) is 0 Å². The summed E-state index contributed by atoms with van der Waals surface area (Å²) in [7, 11) is 4.01. The van der Waals surface area contributed by atoms with E-state index in [-0.39, 0.29) is 11.9 Å². The van der Waals surface area contributed by atoms with E-state index < -0.39 is 5.54 Å². The van der Waals surface area contributed by atoms with E-state index in [4.69, 9.17) is 4.74 Å². The minimum atomic E-state index is -0.584. The molecule has 3 rings (SSSR count). The molecule has 1 saturated heterocycles. The Labute approximate surface area is 162 Å². The number of ether oxygens (including phenoxy) is 1. The molecule has 144 valence electrons. The highest BCUT2D eigenvalue weighted by molar-refractivity contribution is 6.04. The molecule has 0 spiro atoms. The highest BCUT2D eigenvalue weighted by Crippen LogP contribution is 2.31. The van der Waals surface area contributed by atoms with Crippen molar-refractivity contribution in [2.45, 2.75) is 31.4 Å². The van der Waals surface area contributed by atoms with Crippen molar-refractivity contribution in [3.05, 3.63) is 71.3 Å². The Bertz CT molecular complexity index is 754. The number of rotatable bonds is 7. The van der Waals surface area contributed by atoms with Crippen LogP contribution in [0.1, 0.15) is 40.9 Å². The van der Waals surface area contributed by atoms with E-state index in [0.29, 0.717) is 13.0 Å². The van der Waals surface area contributed by atoms with Crippen molar-refractivity contribution >= 4 is 5.78 Å². The Kier molecular flexibility index (Phi) is 6.42. The second-order valence-electron chi connectivity index (χ2n) is 7.42. The number of benzene rings is 2. The number of nitrogens with zero attached hydrogens (tertiary/aromatic N) is 1. The normalized spacial score (nSPS) is 19.6. The largest absolute Gasteiger partial charge is 0.371 e. The molecule has 2 aromatic carbocycles. The van der Waals surface area contributed by atoms with Gasteiger partial charge in [0, 0.05) is 18.7 Å². The van der Waals surface area contributed by atoms with E-state index >= 15 is 0 Å². The molecule has 1 aliphatic rings. The maximum Gasteiger partial charge on any atom is 0.183 e. The summed E-state index contributed by atoms with van der Waals surface area (Å²) < 4.78 is 5.95. The molecular formula is C23H30N2O2. The summed E-state index contributed by atoms with van der Waals surface area (Å²) in [5, 5.41) is 3.37. The summed E-state index contributed by atoms with van der Waals surface area (Å²) in [6, 6.07) is 18.2. The van der Waals surface area contributed by atoms with E-state index in [1.807, 2.05) is 56.6 Å². The molecule has 2 atom stereocenters. The standard InChI is InChI=1S/C23H30N2O2/c1-4-23(25(2)3,16-18-10-6-5-7-11-18)22(26)20-13-9-8-12-19(20)21-17-24-14-15-27-21/h5-13,21,24H,4,14-17H2,1-3H3. The Balaban J connectivity index is 2.00. The number of carbonyl (C=O) groups is 1. The smallest absolute Gasteiger partial charge is 0.183 e. The van der Waals surface area contributed by atoms with Crippen LogP contribution in [-0.2, 0) is 11.2 Å². The van der Waals surface area contributed by atoms with Crippen LogP contribution in [0.15, 0.2) is 54.6 Å². The summed E-state index contributed by atoms with van der Waals surface area (Å²) in [5.74, 6) is 0.170. The van der Waals surface area contributed by atoms with Crippen LogP contribution in [0.3, 0.4) is 0 Å². The van der Waals surface area contributed by atoms with Gasteiger partial charge < -0.3 is 10.1 Å². The molecular weight excluding hydrogens is 336 g/mol. The first kappa shape index (κ1) is 19.7. The van der Waals surface area contributed by atoms with Gasteiger partial charge >= 0.3 is 0 Å². The number of likely N-dealkylation sites (N-methyl/N-ethyl adjacent to an activating group) is 1. The Morgan fingerprint density at radius 1 is 1.15 bits per heavy atom. The number of nitrogens with one attached hydrogen (secondary N) is 1. The first-order chi connectivity index (χ1) is 13.1. The van der Waals surface area contributed by atoms with Crippen molar-refractivity contribution in [1.82, 2.24) is 10.2 Å². The van der Waals surface area contributed by atoms with Gasteiger partial charge in [-0.1, -0.05) is 61.5 Å². The van der Waals surface area contributed by atoms with Gasteiger partial charge in [0.05, 0.1) is 18.2 Å². The van der Waals surface area contributed by atoms with Gasteiger partial charge in [0.1, 0.15) is 0 Å². The van der Waals surface area contributed by atoms with Crippen LogP contribution >= 0.6 is 0 Å². The van der Waals surface area contributed by atoms with Gasteiger partial charge in [0.2, 0.25) is 0 Å². The van der Waals surface area contributed by atoms with Gasteiger partial charge in [0.25, 0.3) is 0 Å². The van der Waals surface area contributed by atoms with Crippen LogP contribution in [0.5, 0.6) is 0 Å². The molecule has 1 fully saturated rings. The van der Waals surface area contributed by atoms with Gasteiger partial charge in [0.15, 0.2) is 5.78 Å². The minimum absolute atomic E-state index is 0.0765. The summed E-state index contributed by atoms with van der Waals surface area (Å²) in [5.41, 5.74) is 2.36. The first-order valence-electron chi connectivity index (χ1n) is 9.76. The monoisotopic (exact) mass is 366 g/mol. The third kappa shape index (κ3) is 4.13. The first-order valence-corrected chi connectivity index (χ1v) is 9.76. The summed E-state index contributed by atoms with van der Waals surface area (Å²) in [6.45, 7) is 4.37. The Hall–Kier alpha value is -2.01. The predicted molar refractivity (Wildman–Crippen MR) is 109 cm³/mol. The molecule has 27 heavy (non-hydrogen) atoms. The fraction of sp³-hybridized carbons (Fsp3) is 0.435. The topological polar surface area (TPSA) is 41.6 Å². The third-order valence-corrected chi connectivity index (χ3v) is 5.68. The van der Waals surface area contributed by atoms with Gasteiger partial charge in [-0.3, -0.25) is 9.69 Å². The van der Waals surface area contributed by atoms with Crippen LogP contribution < -0.4 is 5.32 Å². The maximum absolute atomic E-state index is 13.9.